The first-order valence-corrected chi connectivity index (χ1v) is 6.78. The number of hydrogen-bond donors (Lipinski definition) is 0. The lowest BCUT2D eigenvalue weighted by atomic mass is 9.87. The van der Waals surface area contributed by atoms with Crippen LogP contribution >= 0.6 is 0 Å². The van der Waals surface area contributed by atoms with Crippen molar-refractivity contribution in [1.82, 2.24) is 0 Å². The van der Waals surface area contributed by atoms with Gasteiger partial charge in [-0.1, -0.05) is 26.0 Å². The molecule has 0 aliphatic carbocycles. The summed E-state index contributed by atoms with van der Waals surface area (Å²) < 4.78 is 5.21. The highest BCUT2D eigenvalue weighted by molar-refractivity contribution is 5.55. The second kappa shape index (κ2) is 5.22. The minimum absolute atomic E-state index is 0.324. The molecule has 102 valence electrons. The van der Waals surface area contributed by atoms with Crippen LogP contribution in [0.2, 0.25) is 0 Å². The smallest absolute Gasteiger partial charge is 0.121 e. The standard InChI is InChI=1S/C16H22N2O/c1-12(2)14-6-5-13(3)15(7-14)18(4)9-16(8-17)10-19-11-16/h5-7,12H,9-11H2,1-4H3. The molecule has 0 radical (unpaired) electrons. The molecule has 1 heterocycles. The molecule has 3 heteroatoms. The summed E-state index contributed by atoms with van der Waals surface area (Å²) in [6, 6.07) is 8.99. The molecule has 19 heavy (non-hydrogen) atoms. The van der Waals surface area contributed by atoms with Crippen molar-refractivity contribution in [1.29, 1.82) is 5.26 Å². The average Bonchev–Trinajstić information content (AvgIpc) is 2.33. The summed E-state index contributed by atoms with van der Waals surface area (Å²) in [6.45, 7) is 8.35. The van der Waals surface area contributed by atoms with Crippen LogP contribution in [0.25, 0.3) is 0 Å². The third kappa shape index (κ3) is 2.74. The Balaban J connectivity index is 2.21. The second-order valence-corrected chi connectivity index (χ2v) is 5.94. The second-order valence-electron chi connectivity index (χ2n) is 5.94. The first kappa shape index (κ1) is 13.9. The SMILES string of the molecule is Cc1ccc(C(C)C)cc1N(C)CC1(C#N)COC1. The molecule has 0 bridgehead atoms. The molecule has 2 rings (SSSR count). The van der Waals surface area contributed by atoms with Crippen molar-refractivity contribution in [2.24, 2.45) is 5.41 Å². The molecule has 0 atom stereocenters. The highest BCUT2D eigenvalue weighted by Gasteiger charge is 2.40. The Morgan fingerprint density at radius 2 is 2.11 bits per heavy atom. The predicted octanol–water partition coefficient (Wildman–Crippen LogP) is 3.09. The van der Waals surface area contributed by atoms with Crippen LogP contribution in [0.1, 0.15) is 30.9 Å². The van der Waals surface area contributed by atoms with Crippen molar-refractivity contribution >= 4 is 5.69 Å². The Bertz CT molecular complexity index is 498. The highest BCUT2D eigenvalue weighted by Crippen LogP contribution is 2.31. The number of benzene rings is 1. The zero-order valence-corrected chi connectivity index (χ0v) is 12.2. The first-order valence-electron chi connectivity index (χ1n) is 6.78. The molecule has 0 unspecified atom stereocenters. The molecule has 1 aliphatic heterocycles. The molecule has 0 amide bonds. The van der Waals surface area contributed by atoms with Crippen molar-refractivity contribution in [3.63, 3.8) is 0 Å². The van der Waals surface area contributed by atoms with Crippen LogP contribution in [0.15, 0.2) is 18.2 Å². The van der Waals surface area contributed by atoms with E-state index in [2.05, 4.69) is 57.0 Å². The number of aryl methyl sites for hydroxylation is 1. The van der Waals surface area contributed by atoms with E-state index >= 15 is 0 Å². The van der Waals surface area contributed by atoms with Gasteiger partial charge in [-0.3, -0.25) is 0 Å². The van der Waals surface area contributed by atoms with Crippen LogP contribution in [-0.4, -0.2) is 26.8 Å². The van der Waals surface area contributed by atoms with Crippen LogP contribution in [0.5, 0.6) is 0 Å². The first-order chi connectivity index (χ1) is 8.97. The molecule has 0 spiro atoms. The van der Waals surface area contributed by atoms with Gasteiger partial charge in [-0.25, -0.2) is 0 Å². The Hall–Kier alpha value is -1.53. The summed E-state index contributed by atoms with van der Waals surface area (Å²) in [5, 5.41) is 9.29. The van der Waals surface area contributed by atoms with Gasteiger partial charge >= 0.3 is 0 Å². The molecule has 1 fully saturated rings. The molecule has 0 N–H and O–H groups in total. The zero-order chi connectivity index (χ0) is 14.0. The van der Waals surface area contributed by atoms with Gasteiger partial charge in [0.15, 0.2) is 0 Å². The summed E-state index contributed by atoms with van der Waals surface area (Å²) in [5.74, 6) is 0.518. The summed E-state index contributed by atoms with van der Waals surface area (Å²) >= 11 is 0. The monoisotopic (exact) mass is 258 g/mol. The molecule has 3 nitrogen and oxygen atoms in total. The Morgan fingerprint density at radius 1 is 1.42 bits per heavy atom. The van der Waals surface area contributed by atoms with Crippen LogP contribution in [0.3, 0.4) is 0 Å². The van der Waals surface area contributed by atoms with E-state index in [0.29, 0.717) is 19.1 Å². The van der Waals surface area contributed by atoms with Crippen LogP contribution in [-0.2, 0) is 4.74 Å². The average molecular weight is 258 g/mol. The van der Waals surface area contributed by atoms with E-state index in [9.17, 15) is 5.26 Å². The quantitative estimate of drug-likeness (QED) is 0.832. The molecule has 0 saturated carbocycles. The Morgan fingerprint density at radius 3 is 2.58 bits per heavy atom. The summed E-state index contributed by atoms with van der Waals surface area (Å²) in [5.41, 5.74) is 3.48. The van der Waals surface area contributed by atoms with Gasteiger partial charge in [0.05, 0.1) is 19.3 Å². The van der Waals surface area contributed by atoms with Gasteiger partial charge in [0.25, 0.3) is 0 Å². The van der Waals surface area contributed by atoms with E-state index in [0.717, 1.165) is 6.54 Å². The molecule has 0 aromatic heterocycles. The molecular formula is C16H22N2O. The maximum absolute atomic E-state index is 9.29. The third-order valence-electron chi connectivity index (χ3n) is 3.84. The van der Waals surface area contributed by atoms with Gasteiger partial charge in [-0.05, 0) is 30.0 Å². The van der Waals surface area contributed by atoms with Crippen LogP contribution in [0.4, 0.5) is 5.69 Å². The van der Waals surface area contributed by atoms with E-state index in [1.807, 2.05) is 0 Å². The largest absolute Gasteiger partial charge is 0.378 e. The van der Waals surface area contributed by atoms with Crippen LogP contribution in [0, 0.1) is 23.7 Å². The third-order valence-corrected chi connectivity index (χ3v) is 3.84. The van der Waals surface area contributed by atoms with Crippen LogP contribution < -0.4 is 4.90 Å². The van der Waals surface area contributed by atoms with Gasteiger partial charge in [-0.15, -0.1) is 0 Å². The lowest BCUT2D eigenvalue weighted by Crippen LogP contribution is -2.49. The maximum Gasteiger partial charge on any atom is 0.121 e. The molecule has 1 aromatic carbocycles. The Labute approximate surface area is 115 Å². The van der Waals surface area contributed by atoms with Crippen molar-refractivity contribution in [3.8, 4) is 6.07 Å². The van der Waals surface area contributed by atoms with E-state index in [-0.39, 0.29) is 5.41 Å². The van der Waals surface area contributed by atoms with Gasteiger partial charge in [0.1, 0.15) is 5.41 Å². The van der Waals surface area contributed by atoms with E-state index in [1.54, 1.807) is 0 Å². The predicted molar refractivity (Wildman–Crippen MR) is 77.4 cm³/mol. The fourth-order valence-electron chi connectivity index (χ4n) is 2.48. The lowest BCUT2D eigenvalue weighted by Gasteiger charge is -2.39. The van der Waals surface area contributed by atoms with Gasteiger partial charge in [-0.2, -0.15) is 5.26 Å². The highest BCUT2D eigenvalue weighted by atomic mass is 16.5. The normalized spacial score (nSPS) is 16.8. The van der Waals surface area contributed by atoms with Gasteiger partial charge < -0.3 is 9.64 Å². The van der Waals surface area contributed by atoms with Gasteiger partial charge in [0, 0.05) is 19.3 Å². The number of hydrogen-bond acceptors (Lipinski definition) is 3. The minimum atomic E-state index is -0.324. The number of ether oxygens (including phenoxy) is 1. The van der Waals surface area contributed by atoms with E-state index < -0.39 is 0 Å². The van der Waals surface area contributed by atoms with E-state index in [1.165, 1.54) is 16.8 Å². The minimum Gasteiger partial charge on any atom is -0.378 e. The summed E-state index contributed by atoms with van der Waals surface area (Å²) in [4.78, 5) is 2.19. The molecular weight excluding hydrogens is 236 g/mol. The molecule has 1 aromatic rings. The number of nitriles is 1. The summed E-state index contributed by atoms with van der Waals surface area (Å²) in [6.07, 6.45) is 0. The molecule has 1 saturated heterocycles. The number of anilines is 1. The topological polar surface area (TPSA) is 36.3 Å². The fraction of sp³-hybridized carbons (Fsp3) is 0.562. The Kier molecular flexibility index (Phi) is 3.82. The van der Waals surface area contributed by atoms with Gasteiger partial charge in [0.2, 0.25) is 0 Å². The fourth-order valence-corrected chi connectivity index (χ4v) is 2.48. The maximum atomic E-state index is 9.29. The van der Waals surface area contributed by atoms with E-state index in [4.69, 9.17) is 4.74 Å². The number of nitrogens with zero attached hydrogens (tertiary/aromatic N) is 2. The lowest BCUT2D eigenvalue weighted by molar-refractivity contribution is -0.0716. The molecule has 1 aliphatic rings. The number of rotatable bonds is 4. The zero-order valence-electron chi connectivity index (χ0n) is 12.2. The summed E-state index contributed by atoms with van der Waals surface area (Å²) in [7, 11) is 2.06. The van der Waals surface area contributed by atoms with Crippen molar-refractivity contribution in [2.75, 3.05) is 31.7 Å². The van der Waals surface area contributed by atoms with Crippen molar-refractivity contribution in [3.05, 3.63) is 29.3 Å². The van der Waals surface area contributed by atoms with Crippen molar-refractivity contribution in [2.45, 2.75) is 26.7 Å². The van der Waals surface area contributed by atoms with Crippen molar-refractivity contribution < 1.29 is 4.74 Å².